The highest BCUT2D eigenvalue weighted by atomic mass is 16.5. The molecule has 0 aliphatic heterocycles. The number of hydrogen-bond donors (Lipinski definition) is 1. The van der Waals surface area contributed by atoms with Crippen LogP contribution in [0.1, 0.15) is 31.5 Å². The average Bonchev–Trinajstić information content (AvgIpc) is 2.69. The lowest BCUT2D eigenvalue weighted by Gasteiger charge is -2.15. The summed E-state index contributed by atoms with van der Waals surface area (Å²) in [5.41, 5.74) is 9.17. The van der Waals surface area contributed by atoms with Crippen LogP contribution in [0.25, 0.3) is 22.0 Å². The van der Waals surface area contributed by atoms with E-state index < -0.39 is 5.91 Å². The number of amides is 1. The molecular formula is C23H23N3O2. The minimum absolute atomic E-state index is 0.197. The van der Waals surface area contributed by atoms with Gasteiger partial charge in [0.15, 0.2) is 6.61 Å². The molecule has 142 valence electrons. The highest BCUT2D eigenvalue weighted by Gasteiger charge is 2.17. The van der Waals surface area contributed by atoms with E-state index in [4.69, 9.17) is 15.5 Å². The molecule has 0 atom stereocenters. The molecule has 0 aliphatic carbocycles. The van der Waals surface area contributed by atoms with E-state index in [1.807, 2.05) is 42.5 Å². The minimum Gasteiger partial charge on any atom is -0.484 e. The molecule has 1 amide bonds. The fourth-order valence-corrected chi connectivity index (χ4v) is 3.17. The molecule has 0 spiro atoms. The Hall–Kier alpha value is -3.39. The van der Waals surface area contributed by atoms with Crippen LogP contribution >= 0.6 is 0 Å². The van der Waals surface area contributed by atoms with Gasteiger partial charge in [-0.3, -0.25) is 9.78 Å². The first-order valence-corrected chi connectivity index (χ1v) is 9.33. The number of rotatable bonds is 7. The number of aromatic nitrogens is 1. The van der Waals surface area contributed by atoms with Crippen molar-refractivity contribution in [1.82, 2.24) is 4.98 Å². The molecule has 0 unspecified atom stereocenters. The molecule has 0 saturated carbocycles. The van der Waals surface area contributed by atoms with Gasteiger partial charge in [0.05, 0.1) is 16.8 Å². The van der Waals surface area contributed by atoms with Gasteiger partial charge in [0.25, 0.3) is 5.91 Å². The van der Waals surface area contributed by atoms with Gasteiger partial charge in [0.2, 0.25) is 0 Å². The van der Waals surface area contributed by atoms with Crippen molar-refractivity contribution in [3.8, 4) is 22.9 Å². The first-order valence-electron chi connectivity index (χ1n) is 9.33. The molecule has 5 heteroatoms. The number of nitrogens with zero attached hydrogens (tertiary/aromatic N) is 2. The molecular weight excluding hydrogens is 350 g/mol. The Balaban J connectivity index is 2.22. The van der Waals surface area contributed by atoms with Crippen LogP contribution in [0.3, 0.4) is 0 Å². The summed E-state index contributed by atoms with van der Waals surface area (Å²) in [6.45, 7) is 4.12. The molecule has 0 radical (unpaired) electrons. The number of fused-ring (bicyclic) bond motifs is 1. The molecule has 0 saturated heterocycles. The Bertz CT molecular complexity index is 1040. The highest BCUT2D eigenvalue weighted by molar-refractivity contribution is 5.98. The average molecular weight is 373 g/mol. The van der Waals surface area contributed by atoms with Gasteiger partial charge in [-0.15, -0.1) is 0 Å². The zero-order valence-corrected chi connectivity index (χ0v) is 16.1. The predicted octanol–water partition coefficient (Wildman–Crippen LogP) is 4.23. The summed E-state index contributed by atoms with van der Waals surface area (Å²) in [5.74, 6) is 0.501. The van der Waals surface area contributed by atoms with Crippen LogP contribution in [-0.4, -0.2) is 17.5 Å². The maximum absolute atomic E-state index is 11.0. The van der Waals surface area contributed by atoms with E-state index in [1.54, 1.807) is 6.07 Å². The lowest BCUT2D eigenvalue weighted by Crippen LogP contribution is -2.20. The fourth-order valence-electron chi connectivity index (χ4n) is 3.17. The third-order valence-corrected chi connectivity index (χ3v) is 4.55. The van der Waals surface area contributed by atoms with E-state index >= 15 is 0 Å². The summed E-state index contributed by atoms with van der Waals surface area (Å²) in [4.78, 5) is 15.8. The van der Waals surface area contributed by atoms with Crippen LogP contribution in [0.15, 0.2) is 48.5 Å². The van der Waals surface area contributed by atoms with E-state index in [1.165, 1.54) is 0 Å². The van der Waals surface area contributed by atoms with Gasteiger partial charge in [0.1, 0.15) is 11.8 Å². The van der Waals surface area contributed by atoms with Gasteiger partial charge in [0, 0.05) is 10.9 Å². The van der Waals surface area contributed by atoms with Crippen molar-refractivity contribution in [3.05, 3.63) is 59.8 Å². The number of pyridine rings is 1. The third-order valence-electron chi connectivity index (χ3n) is 4.55. The zero-order chi connectivity index (χ0) is 20.1. The van der Waals surface area contributed by atoms with Crippen molar-refractivity contribution >= 4 is 16.8 Å². The first kappa shape index (κ1) is 19.4. The summed E-state index contributed by atoms with van der Waals surface area (Å²) in [6, 6.07) is 17.6. The normalized spacial score (nSPS) is 10.8. The predicted molar refractivity (Wildman–Crippen MR) is 110 cm³/mol. The summed E-state index contributed by atoms with van der Waals surface area (Å²) in [5, 5.41) is 10.8. The van der Waals surface area contributed by atoms with Gasteiger partial charge in [-0.25, -0.2) is 0 Å². The van der Waals surface area contributed by atoms with Gasteiger partial charge >= 0.3 is 0 Å². The van der Waals surface area contributed by atoms with Crippen LogP contribution < -0.4 is 10.5 Å². The molecule has 0 aliphatic rings. The van der Waals surface area contributed by atoms with Crippen LogP contribution in [0.2, 0.25) is 0 Å². The smallest absolute Gasteiger partial charge is 0.255 e. The monoisotopic (exact) mass is 373 g/mol. The molecule has 1 aromatic heterocycles. The summed E-state index contributed by atoms with van der Waals surface area (Å²) in [6.07, 6.45) is 1.71. The maximum atomic E-state index is 11.0. The number of carbonyl (C=O) groups is 1. The molecule has 3 rings (SSSR count). The number of hydrogen-bond acceptors (Lipinski definition) is 4. The molecule has 2 N–H and O–H groups in total. The van der Waals surface area contributed by atoms with Crippen molar-refractivity contribution in [2.24, 2.45) is 11.7 Å². The van der Waals surface area contributed by atoms with Crippen molar-refractivity contribution in [2.75, 3.05) is 6.61 Å². The fraction of sp³-hybridized carbons (Fsp3) is 0.261. The van der Waals surface area contributed by atoms with E-state index in [9.17, 15) is 10.1 Å². The second-order valence-corrected chi connectivity index (χ2v) is 7.15. The minimum atomic E-state index is -0.539. The van der Waals surface area contributed by atoms with E-state index in [2.05, 4.69) is 19.9 Å². The molecule has 0 fully saturated rings. The van der Waals surface area contributed by atoms with Crippen LogP contribution in [0, 0.1) is 17.2 Å². The maximum Gasteiger partial charge on any atom is 0.255 e. The van der Waals surface area contributed by atoms with E-state index in [-0.39, 0.29) is 6.61 Å². The summed E-state index contributed by atoms with van der Waals surface area (Å²) >= 11 is 0. The van der Waals surface area contributed by atoms with Crippen molar-refractivity contribution in [3.63, 3.8) is 0 Å². The van der Waals surface area contributed by atoms with Crippen molar-refractivity contribution in [1.29, 1.82) is 5.26 Å². The number of benzene rings is 2. The number of primary amides is 1. The Morgan fingerprint density at radius 3 is 2.61 bits per heavy atom. The molecule has 0 bridgehead atoms. The second-order valence-electron chi connectivity index (χ2n) is 7.15. The lowest BCUT2D eigenvalue weighted by molar-refractivity contribution is -0.119. The van der Waals surface area contributed by atoms with Crippen molar-refractivity contribution < 1.29 is 9.53 Å². The second kappa shape index (κ2) is 8.53. The van der Waals surface area contributed by atoms with Crippen molar-refractivity contribution in [2.45, 2.75) is 26.7 Å². The van der Waals surface area contributed by atoms with Gasteiger partial charge in [-0.05, 0) is 42.5 Å². The SMILES string of the molecule is CC(C)CCc1nc2ccc(OCC(N)=O)cc2c(-c2ccccc2)c1C#N. The van der Waals surface area contributed by atoms with E-state index in [0.29, 0.717) is 17.2 Å². The van der Waals surface area contributed by atoms with Gasteiger partial charge in [-0.2, -0.15) is 5.26 Å². The number of aryl methyl sites for hydroxylation is 1. The van der Waals surface area contributed by atoms with Crippen LogP contribution in [0.5, 0.6) is 5.75 Å². The molecule has 5 nitrogen and oxygen atoms in total. The number of nitriles is 1. The van der Waals surface area contributed by atoms with Gasteiger partial charge in [-0.1, -0.05) is 44.2 Å². The van der Waals surface area contributed by atoms with Crippen LogP contribution in [0.4, 0.5) is 0 Å². The largest absolute Gasteiger partial charge is 0.484 e. The number of nitrogens with two attached hydrogens (primary N) is 1. The molecule has 28 heavy (non-hydrogen) atoms. The van der Waals surface area contributed by atoms with Gasteiger partial charge < -0.3 is 10.5 Å². The molecule has 1 heterocycles. The summed E-state index contributed by atoms with van der Waals surface area (Å²) < 4.78 is 5.46. The zero-order valence-electron chi connectivity index (χ0n) is 16.1. The first-order chi connectivity index (χ1) is 13.5. The highest BCUT2D eigenvalue weighted by Crippen LogP contribution is 2.35. The van der Waals surface area contributed by atoms with E-state index in [0.717, 1.165) is 40.6 Å². The Morgan fingerprint density at radius 2 is 1.96 bits per heavy atom. The third kappa shape index (κ3) is 4.29. The number of ether oxygens (including phenoxy) is 1. The molecule has 3 aromatic rings. The van der Waals surface area contributed by atoms with Crippen LogP contribution in [-0.2, 0) is 11.2 Å². The quantitative estimate of drug-likeness (QED) is 0.671. The summed E-state index contributed by atoms with van der Waals surface area (Å²) in [7, 11) is 0. The Labute approximate surface area is 164 Å². The number of carbonyl (C=O) groups excluding carboxylic acids is 1. The Morgan fingerprint density at radius 1 is 1.21 bits per heavy atom. The Kier molecular flexibility index (Phi) is 5.90. The molecule has 2 aromatic carbocycles. The topological polar surface area (TPSA) is 89.0 Å². The standard InChI is InChI=1S/C23H23N3O2/c1-15(2)8-10-21-19(13-24)23(16-6-4-3-5-7-16)18-12-17(28-14-22(25)27)9-11-20(18)26-21/h3-7,9,11-12,15H,8,10,14H2,1-2H3,(H2,25,27). The lowest BCUT2D eigenvalue weighted by atomic mass is 9.92.